The van der Waals surface area contributed by atoms with E-state index in [4.69, 9.17) is 9.15 Å². The summed E-state index contributed by atoms with van der Waals surface area (Å²) in [6.45, 7) is 5.93. The lowest BCUT2D eigenvalue weighted by molar-refractivity contribution is -0.0423. The molecule has 1 aliphatic heterocycles. The molecule has 7 heteroatoms. The van der Waals surface area contributed by atoms with Gasteiger partial charge in [-0.1, -0.05) is 6.92 Å². The first-order valence-corrected chi connectivity index (χ1v) is 6.96. The van der Waals surface area contributed by atoms with Gasteiger partial charge in [0.1, 0.15) is 0 Å². The van der Waals surface area contributed by atoms with Crippen molar-refractivity contribution in [3.05, 3.63) is 30.2 Å². The summed E-state index contributed by atoms with van der Waals surface area (Å²) in [5.74, 6) is 1.38. The Hall–Kier alpha value is -1.73. The zero-order valence-corrected chi connectivity index (χ0v) is 11.6. The van der Waals surface area contributed by atoms with Crippen molar-refractivity contribution in [1.82, 2.24) is 24.9 Å². The number of morpholine rings is 1. The van der Waals surface area contributed by atoms with Crippen LogP contribution in [0.4, 0.5) is 0 Å². The lowest BCUT2D eigenvalue weighted by Gasteiger charge is -2.31. The molecule has 1 atom stereocenters. The Morgan fingerprint density at radius 3 is 3.00 bits per heavy atom. The molecule has 108 valence electrons. The SMILES string of the molecule is CCc1nnc(CN2CCO[C@@H](Cn3cccn3)C2)o1. The van der Waals surface area contributed by atoms with Crippen LogP contribution in [-0.2, 0) is 24.2 Å². The molecule has 0 radical (unpaired) electrons. The largest absolute Gasteiger partial charge is 0.424 e. The molecule has 1 fully saturated rings. The number of rotatable bonds is 5. The van der Waals surface area contributed by atoms with E-state index < -0.39 is 0 Å². The van der Waals surface area contributed by atoms with E-state index in [9.17, 15) is 0 Å². The molecule has 3 rings (SSSR count). The average molecular weight is 277 g/mol. The summed E-state index contributed by atoms with van der Waals surface area (Å²) >= 11 is 0. The molecule has 3 heterocycles. The number of hydrogen-bond acceptors (Lipinski definition) is 6. The molecular formula is C13H19N5O2. The van der Waals surface area contributed by atoms with E-state index in [1.165, 1.54) is 0 Å². The normalized spacial score (nSPS) is 20.4. The molecule has 0 saturated carbocycles. The predicted molar refractivity (Wildman–Crippen MR) is 70.9 cm³/mol. The molecule has 7 nitrogen and oxygen atoms in total. The minimum Gasteiger partial charge on any atom is -0.424 e. The van der Waals surface area contributed by atoms with Gasteiger partial charge in [-0.3, -0.25) is 9.58 Å². The Labute approximate surface area is 117 Å². The molecule has 2 aromatic heterocycles. The second kappa shape index (κ2) is 6.15. The first-order valence-electron chi connectivity index (χ1n) is 6.96. The highest BCUT2D eigenvalue weighted by atomic mass is 16.5. The average Bonchev–Trinajstić information content (AvgIpc) is 3.11. The number of aromatic nitrogens is 4. The molecule has 1 saturated heterocycles. The zero-order chi connectivity index (χ0) is 13.8. The number of ether oxygens (including phenoxy) is 1. The third-order valence-electron chi connectivity index (χ3n) is 3.34. The van der Waals surface area contributed by atoms with Gasteiger partial charge in [-0.15, -0.1) is 10.2 Å². The second-order valence-corrected chi connectivity index (χ2v) is 4.90. The maximum absolute atomic E-state index is 5.78. The molecule has 0 spiro atoms. The Morgan fingerprint density at radius 2 is 2.25 bits per heavy atom. The Morgan fingerprint density at radius 1 is 1.35 bits per heavy atom. The van der Waals surface area contributed by atoms with Crippen molar-refractivity contribution in [3.8, 4) is 0 Å². The number of hydrogen-bond donors (Lipinski definition) is 0. The molecule has 0 aliphatic carbocycles. The predicted octanol–water partition coefficient (Wildman–Crippen LogP) is 0.729. The number of nitrogens with zero attached hydrogens (tertiary/aromatic N) is 5. The van der Waals surface area contributed by atoms with Gasteiger partial charge in [-0.2, -0.15) is 5.10 Å². The van der Waals surface area contributed by atoms with E-state index in [-0.39, 0.29) is 6.10 Å². The van der Waals surface area contributed by atoms with E-state index in [0.29, 0.717) is 18.3 Å². The van der Waals surface area contributed by atoms with Crippen molar-refractivity contribution >= 4 is 0 Å². The van der Waals surface area contributed by atoms with Gasteiger partial charge in [0.25, 0.3) is 0 Å². The summed E-state index contributed by atoms with van der Waals surface area (Å²) < 4.78 is 13.2. The van der Waals surface area contributed by atoms with Crippen LogP contribution < -0.4 is 0 Å². The lowest BCUT2D eigenvalue weighted by atomic mass is 10.2. The monoisotopic (exact) mass is 277 g/mol. The molecule has 20 heavy (non-hydrogen) atoms. The van der Waals surface area contributed by atoms with Crippen LogP contribution in [0.2, 0.25) is 0 Å². The molecule has 0 unspecified atom stereocenters. The zero-order valence-electron chi connectivity index (χ0n) is 11.6. The topological polar surface area (TPSA) is 69.2 Å². The van der Waals surface area contributed by atoms with Gasteiger partial charge in [-0.05, 0) is 6.07 Å². The number of aryl methyl sites for hydroxylation is 1. The second-order valence-electron chi connectivity index (χ2n) is 4.90. The summed E-state index contributed by atoms with van der Waals surface area (Å²) in [6.07, 6.45) is 4.66. The fraction of sp³-hybridized carbons (Fsp3) is 0.615. The van der Waals surface area contributed by atoms with Crippen LogP contribution in [0.15, 0.2) is 22.9 Å². The minimum absolute atomic E-state index is 0.150. The third-order valence-corrected chi connectivity index (χ3v) is 3.34. The Bertz CT molecular complexity index is 525. The smallest absolute Gasteiger partial charge is 0.230 e. The molecule has 0 N–H and O–H groups in total. The van der Waals surface area contributed by atoms with Gasteiger partial charge < -0.3 is 9.15 Å². The van der Waals surface area contributed by atoms with Crippen LogP contribution in [0.5, 0.6) is 0 Å². The first-order chi connectivity index (χ1) is 9.83. The molecule has 0 bridgehead atoms. The van der Waals surface area contributed by atoms with Crippen LogP contribution in [-0.4, -0.2) is 50.7 Å². The fourth-order valence-corrected chi connectivity index (χ4v) is 2.34. The summed E-state index contributed by atoms with van der Waals surface area (Å²) in [7, 11) is 0. The van der Waals surface area contributed by atoms with Crippen molar-refractivity contribution in [2.24, 2.45) is 0 Å². The Kier molecular flexibility index (Phi) is 4.08. The van der Waals surface area contributed by atoms with Crippen molar-refractivity contribution in [1.29, 1.82) is 0 Å². The minimum atomic E-state index is 0.150. The van der Waals surface area contributed by atoms with Crippen molar-refractivity contribution < 1.29 is 9.15 Å². The van der Waals surface area contributed by atoms with Gasteiger partial charge in [0.05, 0.1) is 25.8 Å². The van der Waals surface area contributed by atoms with Crippen LogP contribution >= 0.6 is 0 Å². The van der Waals surface area contributed by atoms with Gasteiger partial charge in [0, 0.05) is 31.9 Å². The highest BCUT2D eigenvalue weighted by Gasteiger charge is 2.22. The van der Waals surface area contributed by atoms with E-state index in [1.807, 2.05) is 23.9 Å². The molecule has 2 aromatic rings. The van der Waals surface area contributed by atoms with Gasteiger partial charge >= 0.3 is 0 Å². The van der Waals surface area contributed by atoms with Crippen molar-refractivity contribution in [2.75, 3.05) is 19.7 Å². The highest BCUT2D eigenvalue weighted by Crippen LogP contribution is 2.11. The van der Waals surface area contributed by atoms with E-state index in [0.717, 1.165) is 32.7 Å². The Balaban J connectivity index is 1.54. The quantitative estimate of drug-likeness (QED) is 0.802. The van der Waals surface area contributed by atoms with Crippen LogP contribution in [0, 0.1) is 0 Å². The van der Waals surface area contributed by atoms with E-state index in [1.54, 1.807) is 6.20 Å². The van der Waals surface area contributed by atoms with Crippen LogP contribution in [0.1, 0.15) is 18.7 Å². The molecule has 0 aromatic carbocycles. The maximum Gasteiger partial charge on any atom is 0.230 e. The van der Waals surface area contributed by atoms with Crippen molar-refractivity contribution in [3.63, 3.8) is 0 Å². The highest BCUT2D eigenvalue weighted by molar-refractivity contribution is 4.84. The standard InChI is InChI=1S/C13H19N5O2/c1-2-12-15-16-13(20-12)10-17-6-7-19-11(8-17)9-18-5-3-4-14-18/h3-5,11H,2,6-10H2,1H3/t11-/m1/s1. The van der Waals surface area contributed by atoms with E-state index >= 15 is 0 Å². The molecular weight excluding hydrogens is 258 g/mol. The summed E-state index contributed by atoms with van der Waals surface area (Å²) in [5.41, 5.74) is 0. The summed E-state index contributed by atoms with van der Waals surface area (Å²) in [5, 5.41) is 12.3. The third kappa shape index (κ3) is 3.23. The van der Waals surface area contributed by atoms with Gasteiger partial charge in [-0.25, -0.2) is 0 Å². The van der Waals surface area contributed by atoms with Gasteiger partial charge in [0.15, 0.2) is 0 Å². The molecule has 1 aliphatic rings. The fourth-order valence-electron chi connectivity index (χ4n) is 2.34. The summed E-state index contributed by atoms with van der Waals surface area (Å²) in [4.78, 5) is 2.28. The lowest BCUT2D eigenvalue weighted by Crippen LogP contribution is -2.43. The van der Waals surface area contributed by atoms with Gasteiger partial charge in [0.2, 0.25) is 11.8 Å². The van der Waals surface area contributed by atoms with Crippen LogP contribution in [0.25, 0.3) is 0 Å². The molecule has 0 amide bonds. The first kappa shape index (κ1) is 13.3. The maximum atomic E-state index is 5.78. The van der Waals surface area contributed by atoms with E-state index in [2.05, 4.69) is 20.2 Å². The van der Waals surface area contributed by atoms with Crippen LogP contribution in [0.3, 0.4) is 0 Å². The van der Waals surface area contributed by atoms with Crippen molar-refractivity contribution in [2.45, 2.75) is 32.5 Å². The summed E-state index contributed by atoms with van der Waals surface area (Å²) in [6, 6.07) is 1.92.